The molecule has 0 radical (unpaired) electrons. The van der Waals surface area contributed by atoms with Gasteiger partial charge < -0.3 is 15.8 Å². The lowest BCUT2D eigenvalue weighted by Gasteiger charge is -2.11. The van der Waals surface area contributed by atoms with Gasteiger partial charge in [-0.1, -0.05) is 26.1 Å². The van der Waals surface area contributed by atoms with Crippen molar-refractivity contribution in [2.45, 2.75) is 20.3 Å². The standard InChI is InChI=1S/C14H20BrFN2OS/c1-9(2)8-19-7-3-6-18-11-5-4-10(14(17)20)12(15)13(11)16/h4-5,9,18H,3,6-8H2,1-2H3,(H2,17,20). The molecule has 0 heterocycles. The van der Waals surface area contributed by atoms with Crippen molar-refractivity contribution in [2.24, 2.45) is 11.7 Å². The lowest BCUT2D eigenvalue weighted by atomic mass is 10.2. The number of nitrogens with one attached hydrogen (secondary N) is 1. The molecule has 1 aromatic rings. The minimum absolute atomic E-state index is 0.171. The van der Waals surface area contributed by atoms with Crippen LogP contribution in [0.2, 0.25) is 0 Å². The van der Waals surface area contributed by atoms with Gasteiger partial charge in [-0.15, -0.1) is 0 Å². The van der Waals surface area contributed by atoms with Gasteiger partial charge in [0.1, 0.15) is 4.99 Å². The minimum Gasteiger partial charge on any atom is -0.389 e. The first-order chi connectivity index (χ1) is 9.43. The van der Waals surface area contributed by atoms with Crippen molar-refractivity contribution < 1.29 is 9.13 Å². The van der Waals surface area contributed by atoms with Crippen LogP contribution in [0.3, 0.4) is 0 Å². The van der Waals surface area contributed by atoms with E-state index in [2.05, 4.69) is 35.1 Å². The van der Waals surface area contributed by atoms with Crippen molar-refractivity contribution in [3.63, 3.8) is 0 Å². The largest absolute Gasteiger partial charge is 0.389 e. The SMILES string of the molecule is CC(C)COCCCNc1ccc(C(N)=S)c(Br)c1F. The Labute approximate surface area is 133 Å². The normalized spacial score (nSPS) is 10.8. The fourth-order valence-electron chi connectivity index (χ4n) is 1.59. The molecule has 1 rings (SSSR count). The number of benzene rings is 1. The lowest BCUT2D eigenvalue weighted by molar-refractivity contribution is 0.110. The van der Waals surface area contributed by atoms with E-state index in [4.69, 9.17) is 22.7 Å². The number of anilines is 1. The molecule has 0 spiro atoms. The van der Waals surface area contributed by atoms with E-state index in [0.29, 0.717) is 34.8 Å². The highest BCUT2D eigenvalue weighted by atomic mass is 79.9. The Kier molecular flexibility index (Phi) is 7.40. The molecular weight excluding hydrogens is 343 g/mol. The second kappa shape index (κ2) is 8.54. The van der Waals surface area contributed by atoms with E-state index < -0.39 is 0 Å². The van der Waals surface area contributed by atoms with Crippen LogP contribution in [0, 0.1) is 11.7 Å². The maximum absolute atomic E-state index is 14.0. The van der Waals surface area contributed by atoms with Crippen LogP contribution in [-0.4, -0.2) is 24.7 Å². The van der Waals surface area contributed by atoms with Gasteiger partial charge in [-0.2, -0.15) is 0 Å². The molecule has 20 heavy (non-hydrogen) atoms. The average molecular weight is 363 g/mol. The molecule has 0 unspecified atom stereocenters. The summed E-state index contributed by atoms with van der Waals surface area (Å²) in [5.41, 5.74) is 6.45. The molecule has 0 aliphatic carbocycles. The van der Waals surface area contributed by atoms with Crippen LogP contribution in [0.1, 0.15) is 25.8 Å². The van der Waals surface area contributed by atoms with Crippen LogP contribution < -0.4 is 11.1 Å². The molecule has 0 amide bonds. The molecule has 112 valence electrons. The average Bonchev–Trinajstić information content (AvgIpc) is 2.37. The predicted octanol–water partition coefficient (Wildman–Crippen LogP) is 3.70. The van der Waals surface area contributed by atoms with E-state index in [1.54, 1.807) is 12.1 Å². The first-order valence-corrected chi connectivity index (χ1v) is 7.73. The zero-order valence-corrected chi connectivity index (χ0v) is 14.1. The molecule has 1 aromatic carbocycles. The number of nitrogens with two attached hydrogens (primary N) is 1. The summed E-state index contributed by atoms with van der Waals surface area (Å²) in [6, 6.07) is 3.34. The predicted molar refractivity (Wildman–Crippen MR) is 88.8 cm³/mol. The molecule has 0 saturated carbocycles. The third-order valence-electron chi connectivity index (χ3n) is 2.58. The lowest BCUT2D eigenvalue weighted by Crippen LogP contribution is -2.13. The third kappa shape index (κ3) is 5.34. The van der Waals surface area contributed by atoms with Crippen molar-refractivity contribution in [2.75, 3.05) is 25.1 Å². The van der Waals surface area contributed by atoms with Crippen molar-refractivity contribution in [3.05, 3.63) is 28.0 Å². The number of halogens is 2. The number of ether oxygens (including phenoxy) is 1. The maximum Gasteiger partial charge on any atom is 0.161 e. The van der Waals surface area contributed by atoms with Crippen molar-refractivity contribution in [1.29, 1.82) is 0 Å². The molecular formula is C14H20BrFN2OS. The number of thiocarbonyl (C=S) groups is 1. The summed E-state index contributed by atoms with van der Waals surface area (Å²) in [6.45, 7) is 6.28. The van der Waals surface area contributed by atoms with Gasteiger partial charge in [0.15, 0.2) is 5.82 Å². The third-order valence-corrected chi connectivity index (χ3v) is 3.58. The molecule has 0 atom stereocenters. The molecule has 0 aliphatic heterocycles. The van der Waals surface area contributed by atoms with E-state index in [-0.39, 0.29) is 10.8 Å². The van der Waals surface area contributed by atoms with Crippen LogP contribution in [0.4, 0.5) is 10.1 Å². The zero-order chi connectivity index (χ0) is 15.1. The maximum atomic E-state index is 14.0. The van der Waals surface area contributed by atoms with Crippen LogP contribution in [0.25, 0.3) is 0 Å². The van der Waals surface area contributed by atoms with E-state index in [0.717, 1.165) is 13.0 Å². The summed E-state index contributed by atoms with van der Waals surface area (Å²) in [4.78, 5) is 0.171. The van der Waals surface area contributed by atoms with E-state index in [1.807, 2.05) is 0 Å². The van der Waals surface area contributed by atoms with Gasteiger partial charge in [-0.05, 0) is 40.4 Å². The number of hydrogen-bond donors (Lipinski definition) is 2. The van der Waals surface area contributed by atoms with Crippen LogP contribution in [0.15, 0.2) is 16.6 Å². The van der Waals surface area contributed by atoms with Crippen LogP contribution in [-0.2, 0) is 4.74 Å². The minimum atomic E-state index is -0.376. The molecule has 3 nitrogen and oxygen atoms in total. The Bertz CT molecular complexity index is 469. The topological polar surface area (TPSA) is 47.3 Å². The number of rotatable bonds is 8. The fourth-order valence-corrected chi connectivity index (χ4v) is 2.45. The van der Waals surface area contributed by atoms with Gasteiger partial charge in [0, 0.05) is 25.3 Å². The highest BCUT2D eigenvalue weighted by molar-refractivity contribution is 9.10. The second-order valence-electron chi connectivity index (χ2n) is 4.90. The summed E-state index contributed by atoms with van der Waals surface area (Å²) in [6.07, 6.45) is 0.820. The first kappa shape index (κ1) is 17.3. The monoisotopic (exact) mass is 362 g/mol. The van der Waals surface area contributed by atoms with E-state index >= 15 is 0 Å². The van der Waals surface area contributed by atoms with Crippen molar-refractivity contribution in [3.8, 4) is 0 Å². The van der Waals surface area contributed by atoms with Gasteiger partial charge in [0.05, 0.1) is 10.2 Å². The summed E-state index contributed by atoms with van der Waals surface area (Å²) >= 11 is 8.03. The van der Waals surface area contributed by atoms with Gasteiger partial charge in [-0.25, -0.2) is 4.39 Å². The molecule has 0 saturated heterocycles. The zero-order valence-electron chi connectivity index (χ0n) is 11.7. The Morgan fingerprint density at radius 2 is 2.20 bits per heavy atom. The van der Waals surface area contributed by atoms with Gasteiger partial charge in [-0.3, -0.25) is 0 Å². The quantitative estimate of drug-likeness (QED) is 0.546. The van der Waals surface area contributed by atoms with Gasteiger partial charge in [0.25, 0.3) is 0 Å². The Balaban J connectivity index is 2.45. The Morgan fingerprint density at radius 3 is 2.80 bits per heavy atom. The summed E-state index contributed by atoms with van der Waals surface area (Å²) < 4.78 is 19.8. The second-order valence-corrected chi connectivity index (χ2v) is 6.13. The fraction of sp³-hybridized carbons (Fsp3) is 0.500. The van der Waals surface area contributed by atoms with Gasteiger partial charge in [0.2, 0.25) is 0 Å². The molecule has 0 fully saturated rings. The Morgan fingerprint density at radius 1 is 1.50 bits per heavy atom. The highest BCUT2D eigenvalue weighted by Crippen LogP contribution is 2.27. The van der Waals surface area contributed by atoms with Gasteiger partial charge >= 0.3 is 0 Å². The highest BCUT2D eigenvalue weighted by Gasteiger charge is 2.12. The van der Waals surface area contributed by atoms with E-state index in [1.165, 1.54) is 0 Å². The summed E-state index contributed by atoms with van der Waals surface area (Å²) in [7, 11) is 0. The van der Waals surface area contributed by atoms with E-state index in [9.17, 15) is 4.39 Å². The molecule has 3 N–H and O–H groups in total. The molecule has 0 aromatic heterocycles. The summed E-state index contributed by atoms with van der Waals surface area (Å²) in [5, 5.41) is 3.04. The van der Waals surface area contributed by atoms with Crippen LogP contribution in [0.5, 0.6) is 0 Å². The van der Waals surface area contributed by atoms with Crippen LogP contribution >= 0.6 is 28.1 Å². The van der Waals surface area contributed by atoms with Crippen molar-refractivity contribution in [1.82, 2.24) is 0 Å². The molecule has 6 heteroatoms. The smallest absolute Gasteiger partial charge is 0.161 e. The summed E-state index contributed by atoms with van der Waals surface area (Å²) in [5.74, 6) is 0.155. The Hall–Kier alpha value is -0.720. The van der Waals surface area contributed by atoms with Crippen molar-refractivity contribution >= 4 is 38.8 Å². The first-order valence-electron chi connectivity index (χ1n) is 6.53. The molecule has 0 aliphatic rings. The molecule has 0 bridgehead atoms. The number of hydrogen-bond acceptors (Lipinski definition) is 3.